The Kier molecular flexibility index (Phi) is 3.77. The number of carbonyl (C=O) groups is 1. The lowest BCUT2D eigenvalue weighted by Crippen LogP contribution is -2.26. The van der Waals surface area contributed by atoms with Crippen molar-refractivity contribution in [1.82, 2.24) is 5.32 Å². The molecule has 0 aliphatic heterocycles. The van der Waals surface area contributed by atoms with Crippen molar-refractivity contribution in [3.63, 3.8) is 0 Å². The van der Waals surface area contributed by atoms with Crippen LogP contribution in [0.4, 0.5) is 0 Å². The average Bonchev–Trinajstić information content (AvgIpc) is 3.07. The predicted octanol–water partition coefficient (Wildman–Crippen LogP) is 5.39. The van der Waals surface area contributed by atoms with Crippen molar-refractivity contribution in [3.05, 3.63) is 83.6 Å². The first kappa shape index (κ1) is 15.5. The van der Waals surface area contributed by atoms with E-state index in [-0.39, 0.29) is 11.9 Å². The van der Waals surface area contributed by atoms with Gasteiger partial charge in [-0.2, -0.15) is 0 Å². The lowest BCUT2D eigenvalue weighted by atomic mass is 10.1. The molecule has 1 amide bonds. The molecule has 0 spiro atoms. The number of fused-ring (bicyclic) bond motifs is 3. The molecule has 124 valence electrons. The number of benzene rings is 3. The minimum atomic E-state index is -0.201. The lowest BCUT2D eigenvalue weighted by Gasteiger charge is -2.13. The summed E-state index contributed by atoms with van der Waals surface area (Å²) in [4.78, 5) is 12.6. The van der Waals surface area contributed by atoms with Crippen molar-refractivity contribution >= 4 is 27.6 Å². The van der Waals surface area contributed by atoms with Crippen LogP contribution >= 0.6 is 0 Å². The van der Waals surface area contributed by atoms with Gasteiger partial charge < -0.3 is 9.73 Å². The van der Waals surface area contributed by atoms with Crippen LogP contribution in [0.15, 0.2) is 71.1 Å². The van der Waals surface area contributed by atoms with Crippen molar-refractivity contribution in [2.45, 2.75) is 19.9 Å². The first-order valence-electron chi connectivity index (χ1n) is 8.40. The Morgan fingerprint density at radius 3 is 2.52 bits per heavy atom. The second-order valence-electron chi connectivity index (χ2n) is 6.41. The number of aryl methyl sites for hydroxylation is 1. The van der Waals surface area contributed by atoms with E-state index in [4.69, 9.17) is 4.42 Å². The Labute approximate surface area is 146 Å². The number of amides is 1. The molecule has 0 unspecified atom stereocenters. The topological polar surface area (TPSA) is 42.2 Å². The summed E-state index contributed by atoms with van der Waals surface area (Å²) < 4.78 is 5.78. The van der Waals surface area contributed by atoms with E-state index in [2.05, 4.69) is 11.4 Å². The summed E-state index contributed by atoms with van der Waals surface area (Å²) in [6, 6.07) is 21.9. The first-order valence-corrected chi connectivity index (χ1v) is 8.40. The first-order chi connectivity index (χ1) is 12.1. The van der Waals surface area contributed by atoms with Gasteiger partial charge in [0.15, 0.2) is 5.76 Å². The molecule has 0 radical (unpaired) electrons. The van der Waals surface area contributed by atoms with Crippen LogP contribution in [0.1, 0.15) is 34.6 Å². The molecular formula is C22H19NO2. The predicted molar refractivity (Wildman–Crippen MR) is 101 cm³/mol. The molecule has 1 atom stereocenters. The maximum atomic E-state index is 12.6. The van der Waals surface area contributed by atoms with Gasteiger partial charge in [0.25, 0.3) is 5.91 Å². The van der Waals surface area contributed by atoms with Crippen molar-refractivity contribution in [2.24, 2.45) is 0 Å². The Bertz CT molecular complexity index is 1060. The van der Waals surface area contributed by atoms with E-state index in [9.17, 15) is 4.79 Å². The summed E-state index contributed by atoms with van der Waals surface area (Å²) in [5.74, 6) is 0.138. The highest BCUT2D eigenvalue weighted by Gasteiger charge is 2.16. The quantitative estimate of drug-likeness (QED) is 0.548. The Morgan fingerprint density at radius 2 is 1.72 bits per heavy atom. The van der Waals surface area contributed by atoms with E-state index in [0.29, 0.717) is 5.76 Å². The van der Waals surface area contributed by atoms with Crippen molar-refractivity contribution in [1.29, 1.82) is 0 Å². The molecule has 4 aromatic rings. The number of nitrogens with one attached hydrogen (secondary N) is 1. The van der Waals surface area contributed by atoms with Crippen LogP contribution in [0.3, 0.4) is 0 Å². The fourth-order valence-corrected chi connectivity index (χ4v) is 3.11. The molecule has 3 nitrogen and oxygen atoms in total. The summed E-state index contributed by atoms with van der Waals surface area (Å²) >= 11 is 0. The van der Waals surface area contributed by atoms with Gasteiger partial charge in [-0.25, -0.2) is 0 Å². The Hall–Kier alpha value is -3.07. The van der Waals surface area contributed by atoms with Crippen LogP contribution in [0.2, 0.25) is 0 Å². The van der Waals surface area contributed by atoms with Gasteiger partial charge in [-0.1, -0.05) is 60.2 Å². The molecule has 4 rings (SSSR count). The minimum Gasteiger partial charge on any atom is -0.451 e. The van der Waals surface area contributed by atoms with Gasteiger partial charge in [-0.15, -0.1) is 0 Å². The number of hydrogen-bond donors (Lipinski definition) is 1. The van der Waals surface area contributed by atoms with E-state index in [1.165, 1.54) is 5.56 Å². The van der Waals surface area contributed by atoms with E-state index in [1.54, 1.807) is 0 Å². The summed E-state index contributed by atoms with van der Waals surface area (Å²) in [6.07, 6.45) is 0. The van der Waals surface area contributed by atoms with Crippen LogP contribution < -0.4 is 5.32 Å². The lowest BCUT2D eigenvalue weighted by molar-refractivity contribution is 0.0914. The fourth-order valence-electron chi connectivity index (χ4n) is 3.11. The molecule has 0 aliphatic carbocycles. The maximum Gasteiger partial charge on any atom is 0.287 e. The van der Waals surface area contributed by atoms with Gasteiger partial charge in [0, 0.05) is 5.39 Å². The number of rotatable bonds is 3. The molecule has 0 saturated heterocycles. The third-order valence-corrected chi connectivity index (χ3v) is 4.57. The highest BCUT2D eigenvalue weighted by Crippen LogP contribution is 2.28. The summed E-state index contributed by atoms with van der Waals surface area (Å²) in [6.45, 7) is 4.02. The van der Waals surface area contributed by atoms with Crippen LogP contribution in [0.5, 0.6) is 0 Å². The van der Waals surface area contributed by atoms with Gasteiger partial charge in [0.05, 0.1) is 6.04 Å². The van der Waals surface area contributed by atoms with Gasteiger partial charge in [0.2, 0.25) is 0 Å². The van der Waals surface area contributed by atoms with Gasteiger partial charge >= 0.3 is 0 Å². The van der Waals surface area contributed by atoms with E-state index in [1.807, 2.05) is 74.5 Å². The molecule has 3 aromatic carbocycles. The number of carbonyl (C=O) groups excluding carboxylic acids is 1. The van der Waals surface area contributed by atoms with Crippen LogP contribution in [-0.4, -0.2) is 5.91 Å². The number of furan rings is 1. The highest BCUT2D eigenvalue weighted by molar-refractivity contribution is 6.08. The Balaban J connectivity index is 1.63. The largest absolute Gasteiger partial charge is 0.451 e. The zero-order valence-electron chi connectivity index (χ0n) is 14.2. The maximum absolute atomic E-state index is 12.6. The molecule has 3 heteroatoms. The van der Waals surface area contributed by atoms with E-state index < -0.39 is 0 Å². The monoisotopic (exact) mass is 329 g/mol. The molecule has 0 saturated carbocycles. The zero-order valence-corrected chi connectivity index (χ0v) is 14.2. The van der Waals surface area contributed by atoms with Crippen LogP contribution in [0.25, 0.3) is 21.7 Å². The molecule has 1 N–H and O–H groups in total. The van der Waals surface area contributed by atoms with Gasteiger partial charge in [-0.05, 0) is 42.3 Å². The molecule has 0 bridgehead atoms. The van der Waals surface area contributed by atoms with Crippen molar-refractivity contribution in [2.75, 3.05) is 0 Å². The number of hydrogen-bond acceptors (Lipinski definition) is 2. The fraction of sp³-hybridized carbons (Fsp3) is 0.136. The standard InChI is InChI=1S/C22H19NO2/c1-14-7-9-16(10-8-14)15(2)23-22(24)21-13-19-18-6-4-3-5-17(18)11-12-20(19)25-21/h3-13,15H,1-2H3,(H,23,24)/t15-/m0/s1. The molecule has 0 aliphatic rings. The summed E-state index contributed by atoms with van der Waals surface area (Å²) in [7, 11) is 0. The third kappa shape index (κ3) is 2.89. The second-order valence-corrected chi connectivity index (χ2v) is 6.41. The molecule has 25 heavy (non-hydrogen) atoms. The third-order valence-electron chi connectivity index (χ3n) is 4.57. The minimum absolute atomic E-state index is 0.0851. The van der Waals surface area contributed by atoms with Crippen LogP contribution in [0, 0.1) is 6.92 Å². The Morgan fingerprint density at radius 1 is 0.960 bits per heavy atom. The molecule has 0 fully saturated rings. The van der Waals surface area contributed by atoms with Crippen molar-refractivity contribution in [3.8, 4) is 0 Å². The second kappa shape index (κ2) is 6.10. The highest BCUT2D eigenvalue weighted by atomic mass is 16.3. The SMILES string of the molecule is Cc1ccc([C@H](C)NC(=O)c2cc3c(ccc4ccccc43)o2)cc1. The zero-order chi connectivity index (χ0) is 17.4. The summed E-state index contributed by atoms with van der Waals surface area (Å²) in [5.41, 5.74) is 3.00. The smallest absolute Gasteiger partial charge is 0.287 e. The molecular weight excluding hydrogens is 310 g/mol. The van der Waals surface area contributed by atoms with E-state index in [0.717, 1.165) is 27.3 Å². The normalized spacial score (nSPS) is 12.4. The van der Waals surface area contributed by atoms with Gasteiger partial charge in [0.1, 0.15) is 5.58 Å². The van der Waals surface area contributed by atoms with E-state index >= 15 is 0 Å². The summed E-state index contributed by atoms with van der Waals surface area (Å²) in [5, 5.41) is 6.20. The molecule has 1 heterocycles. The van der Waals surface area contributed by atoms with Crippen LogP contribution in [-0.2, 0) is 0 Å². The average molecular weight is 329 g/mol. The van der Waals surface area contributed by atoms with Crippen molar-refractivity contribution < 1.29 is 9.21 Å². The van der Waals surface area contributed by atoms with Gasteiger partial charge in [-0.3, -0.25) is 4.79 Å². The molecule has 1 aromatic heterocycles.